The van der Waals surface area contributed by atoms with Crippen molar-refractivity contribution < 1.29 is 8.83 Å². The molecule has 0 atom stereocenters. The Labute approximate surface area is 455 Å². The zero-order chi connectivity index (χ0) is 52.9. The third-order valence-electron chi connectivity index (χ3n) is 20.2. The monoisotopic (exact) mass is 1010 g/mol. The molecule has 3 nitrogen and oxygen atoms in total. The first-order chi connectivity index (χ1) is 37.5. The fourth-order valence-corrected chi connectivity index (χ4v) is 16.4. The number of hydrogen-bond donors (Lipinski definition) is 0. The molecular weight excluding hydrogens is 947 g/mol. The molecule has 5 aliphatic rings. The van der Waals surface area contributed by atoms with E-state index >= 15 is 0 Å². The molecule has 0 amide bonds. The molecule has 0 spiro atoms. The molecule has 0 bridgehead atoms. The molecule has 0 radical (unpaired) electrons. The van der Waals surface area contributed by atoms with Crippen molar-refractivity contribution in [3.8, 4) is 55.6 Å². The van der Waals surface area contributed by atoms with Gasteiger partial charge in [0.25, 0.3) is 0 Å². The van der Waals surface area contributed by atoms with Crippen LogP contribution in [0.15, 0.2) is 185 Å². The van der Waals surface area contributed by atoms with Gasteiger partial charge in [-0.1, -0.05) is 184 Å². The molecule has 2 heterocycles. The Morgan fingerprint density at radius 3 is 1.51 bits per heavy atom. The van der Waals surface area contributed by atoms with Crippen LogP contribution in [0.3, 0.4) is 0 Å². The van der Waals surface area contributed by atoms with Crippen molar-refractivity contribution >= 4 is 60.9 Å². The first-order valence-electron chi connectivity index (χ1n) is 28.1. The smallest absolute Gasteiger partial charge is 0.144 e. The third kappa shape index (κ3) is 5.18. The largest absolute Gasteiger partial charge is 0.456 e. The first-order valence-corrected chi connectivity index (χ1v) is 28.1. The Morgan fingerprint density at radius 1 is 0.295 bits per heavy atom. The molecule has 376 valence electrons. The summed E-state index contributed by atoms with van der Waals surface area (Å²) in [5, 5.41) is 4.80. The second-order valence-electron chi connectivity index (χ2n) is 25.9. The third-order valence-corrected chi connectivity index (χ3v) is 20.2. The summed E-state index contributed by atoms with van der Waals surface area (Å²) in [5.74, 6) is 0. The van der Waals surface area contributed by atoms with Gasteiger partial charge in [0.1, 0.15) is 22.3 Å². The van der Waals surface area contributed by atoms with Crippen LogP contribution in [0.5, 0.6) is 0 Å². The van der Waals surface area contributed by atoms with Crippen LogP contribution in [0.25, 0.3) is 99.5 Å². The number of nitrogens with zero attached hydrogens (tertiary/aromatic N) is 1. The minimum atomic E-state index is -0.349. The van der Waals surface area contributed by atoms with Crippen LogP contribution in [0.2, 0.25) is 0 Å². The van der Waals surface area contributed by atoms with Crippen LogP contribution in [0.4, 0.5) is 17.1 Å². The lowest BCUT2D eigenvalue weighted by Gasteiger charge is -2.32. The van der Waals surface area contributed by atoms with Gasteiger partial charge in [0, 0.05) is 71.1 Å². The zero-order valence-electron chi connectivity index (χ0n) is 46.0. The van der Waals surface area contributed by atoms with Gasteiger partial charge in [-0.3, -0.25) is 0 Å². The highest BCUT2D eigenvalue weighted by Gasteiger charge is 2.50. The van der Waals surface area contributed by atoms with Gasteiger partial charge in [0.15, 0.2) is 0 Å². The van der Waals surface area contributed by atoms with E-state index in [9.17, 15) is 0 Å². The van der Waals surface area contributed by atoms with Gasteiger partial charge in [-0.25, -0.2) is 0 Å². The number of furan rings is 2. The van der Waals surface area contributed by atoms with Gasteiger partial charge in [-0.2, -0.15) is 0 Å². The number of rotatable bonds is 3. The number of hydrogen-bond acceptors (Lipinski definition) is 3. The van der Waals surface area contributed by atoms with Crippen LogP contribution in [0, 0.1) is 0 Å². The molecule has 5 aliphatic carbocycles. The van der Waals surface area contributed by atoms with E-state index in [2.05, 4.69) is 250 Å². The lowest BCUT2D eigenvalue weighted by atomic mass is 9.72. The Hall–Kier alpha value is -8.40. The molecule has 0 unspecified atom stereocenters. The first kappa shape index (κ1) is 44.7. The summed E-state index contributed by atoms with van der Waals surface area (Å²) in [6, 6.07) is 66.8. The lowest BCUT2D eigenvalue weighted by Crippen LogP contribution is -2.24. The summed E-state index contributed by atoms with van der Waals surface area (Å²) in [4.78, 5) is 2.60. The van der Waals surface area contributed by atoms with Gasteiger partial charge in [-0.05, 0) is 161 Å². The average Bonchev–Trinajstić information content (AvgIpc) is 2.20. The maximum Gasteiger partial charge on any atom is 0.144 e. The molecule has 0 saturated carbocycles. The predicted octanol–water partition coefficient (Wildman–Crippen LogP) is 20.5. The van der Waals surface area contributed by atoms with E-state index in [1.54, 1.807) is 0 Å². The van der Waals surface area contributed by atoms with Crippen molar-refractivity contribution in [2.75, 3.05) is 4.90 Å². The van der Waals surface area contributed by atoms with Crippen molar-refractivity contribution in [3.63, 3.8) is 0 Å². The fraction of sp³-hybridized carbons (Fsp3) is 0.200. The Kier molecular flexibility index (Phi) is 8.14. The summed E-state index contributed by atoms with van der Waals surface area (Å²) in [5.41, 5.74) is 32.9. The Balaban J connectivity index is 0.890. The van der Waals surface area contributed by atoms with Crippen molar-refractivity contribution in [1.82, 2.24) is 0 Å². The second kappa shape index (κ2) is 14.2. The van der Waals surface area contributed by atoms with Gasteiger partial charge in [-0.15, -0.1) is 0 Å². The van der Waals surface area contributed by atoms with Crippen LogP contribution in [-0.4, -0.2) is 0 Å². The molecule has 0 fully saturated rings. The Bertz CT molecular complexity index is 4770. The number of benzene rings is 10. The quantitative estimate of drug-likeness (QED) is 0.177. The highest BCUT2D eigenvalue weighted by atomic mass is 16.3. The minimum absolute atomic E-state index is 0.165. The Morgan fingerprint density at radius 2 is 0.782 bits per heavy atom. The molecule has 78 heavy (non-hydrogen) atoms. The second-order valence-corrected chi connectivity index (χ2v) is 25.9. The zero-order valence-corrected chi connectivity index (χ0v) is 46.0. The van der Waals surface area contributed by atoms with Crippen LogP contribution in [0.1, 0.15) is 125 Å². The SMILES string of the molecule is CC1(C)c2cc(N(c3ccc4c(c3)C(C)(C)c3c5c(c6oc7ccccc7c6c3-4)-c3ccccc3C5(C)C)c3cccc4c3-c3ccccc3C4(C)C)ccc2-c2cc3c(cc21)-c1c(ccc2oc4ccccc4c12)C3(C)C. The van der Waals surface area contributed by atoms with Crippen molar-refractivity contribution in [2.45, 2.75) is 96.3 Å². The maximum absolute atomic E-state index is 7.06. The van der Waals surface area contributed by atoms with E-state index in [0.29, 0.717) is 0 Å². The number of fused-ring (bicyclic) bond motifs is 25. The minimum Gasteiger partial charge on any atom is -0.456 e. The van der Waals surface area contributed by atoms with E-state index in [1.165, 1.54) is 139 Å². The van der Waals surface area contributed by atoms with E-state index < -0.39 is 0 Å². The van der Waals surface area contributed by atoms with Gasteiger partial charge in [0.05, 0.1) is 5.69 Å². The van der Waals surface area contributed by atoms with E-state index in [1.807, 2.05) is 0 Å². The summed E-state index contributed by atoms with van der Waals surface area (Å²) >= 11 is 0. The summed E-state index contributed by atoms with van der Waals surface area (Å²) in [6.45, 7) is 24.3. The lowest BCUT2D eigenvalue weighted by molar-refractivity contribution is 0.600. The standard InChI is InChI=1S/C75H59NO2/c1-71(2)50-24-15-11-20-43(50)62-52(71)26-19-27-58(62)76(40-30-32-42-48-38-57-49(39-56(48)73(5,6)54(42)36-40)63-53(72(57,3)4)34-35-61-64(63)46-22-13-17-28-59(46)77-61)41-31-33-45-55(37-41)75(9,10)68-65(45)66-47-23-14-18-29-60(47)78-70(66)67-44-21-12-16-25-51(44)74(7,8)69(67)68/h11-39H,1-10H3. The highest BCUT2D eigenvalue weighted by Crippen LogP contribution is 2.65. The van der Waals surface area contributed by atoms with Gasteiger partial charge < -0.3 is 13.7 Å². The van der Waals surface area contributed by atoms with Crippen LogP contribution >= 0.6 is 0 Å². The van der Waals surface area contributed by atoms with Crippen molar-refractivity contribution in [3.05, 3.63) is 232 Å². The molecule has 12 aromatic rings. The highest BCUT2D eigenvalue weighted by molar-refractivity contribution is 6.21. The molecule has 0 saturated heterocycles. The molecule has 2 aromatic heterocycles. The van der Waals surface area contributed by atoms with E-state index in [4.69, 9.17) is 8.83 Å². The summed E-state index contributed by atoms with van der Waals surface area (Å²) in [6.07, 6.45) is 0. The van der Waals surface area contributed by atoms with E-state index in [-0.39, 0.29) is 27.1 Å². The number of para-hydroxylation sites is 2. The average molecular weight is 1010 g/mol. The topological polar surface area (TPSA) is 29.5 Å². The van der Waals surface area contributed by atoms with Crippen molar-refractivity contribution in [1.29, 1.82) is 0 Å². The normalized spacial score (nSPS) is 17.1. The summed E-state index contributed by atoms with van der Waals surface area (Å²) in [7, 11) is 0. The molecule has 3 heteroatoms. The van der Waals surface area contributed by atoms with Crippen molar-refractivity contribution in [2.24, 2.45) is 0 Å². The molecule has 10 aromatic carbocycles. The van der Waals surface area contributed by atoms with E-state index in [0.717, 1.165) is 33.7 Å². The van der Waals surface area contributed by atoms with Crippen LogP contribution in [-0.2, 0) is 27.1 Å². The van der Waals surface area contributed by atoms with Crippen LogP contribution < -0.4 is 4.90 Å². The van der Waals surface area contributed by atoms with Gasteiger partial charge >= 0.3 is 0 Å². The predicted molar refractivity (Wildman–Crippen MR) is 324 cm³/mol. The maximum atomic E-state index is 7.06. The number of anilines is 3. The molecule has 0 aliphatic heterocycles. The van der Waals surface area contributed by atoms with Gasteiger partial charge in [0.2, 0.25) is 0 Å². The molecule has 17 rings (SSSR count). The summed E-state index contributed by atoms with van der Waals surface area (Å²) < 4.78 is 13.6. The molecular formula is C75H59NO2. The molecule has 0 N–H and O–H groups in total. The fourth-order valence-electron chi connectivity index (χ4n) is 16.4.